The molecule has 0 saturated carbocycles. The molecule has 154 valence electrons. The number of likely N-dealkylation sites (tertiary alicyclic amines) is 1. The maximum atomic E-state index is 5.71. The summed E-state index contributed by atoms with van der Waals surface area (Å²) in [5.41, 5.74) is 0. The maximum absolute atomic E-state index is 5.71. The highest BCUT2D eigenvalue weighted by Gasteiger charge is 2.20. The van der Waals surface area contributed by atoms with E-state index in [-0.39, 0.29) is 30.1 Å². The van der Waals surface area contributed by atoms with Gasteiger partial charge in [0.1, 0.15) is 5.76 Å². The van der Waals surface area contributed by atoms with Crippen molar-refractivity contribution < 1.29 is 9.15 Å². The quantitative estimate of drug-likeness (QED) is 0.333. The molecule has 6 nitrogen and oxygen atoms in total. The van der Waals surface area contributed by atoms with Crippen LogP contribution in [0.5, 0.6) is 0 Å². The lowest BCUT2D eigenvalue weighted by Gasteiger charge is -2.33. The van der Waals surface area contributed by atoms with E-state index in [1.807, 2.05) is 12.1 Å². The molecule has 0 bridgehead atoms. The van der Waals surface area contributed by atoms with Crippen LogP contribution in [-0.2, 0) is 11.2 Å². The van der Waals surface area contributed by atoms with E-state index < -0.39 is 0 Å². The lowest BCUT2D eigenvalue weighted by atomic mass is 10.1. The Labute approximate surface area is 180 Å². The summed E-state index contributed by atoms with van der Waals surface area (Å²) in [5.74, 6) is 1.92. The topological polar surface area (TPSA) is 62.0 Å². The van der Waals surface area contributed by atoms with E-state index in [1.54, 1.807) is 6.26 Å². The number of hydrogen-bond acceptors (Lipinski definition) is 4. The Balaban J connectivity index is 0.00000261. The van der Waals surface area contributed by atoms with E-state index in [2.05, 4.69) is 22.5 Å². The minimum Gasteiger partial charge on any atom is -0.469 e. The highest BCUT2D eigenvalue weighted by molar-refractivity contribution is 14.0. The van der Waals surface area contributed by atoms with Gasteiger partial charge in [-0.15, -0.1) is 24.0 Å². The third kappa shape index (κ3) is 7.99. The number of guanidine groups is 1. The second-order valence-corrected chi connectivity index (χ2v) is 7.34. The molecule has 2 aliphatic heterocycles. The molecule has 0 aromatic carbocycles. The molecule has 3 heterocycles. The van der Waals surface area contributed by atoms with Crippen LogP contribution in [0, 0.1) is 0 Å². The molecule has 0 aliphatic carbocycles. The second-order valence-electron chi connectivity index (χ2n) is 7.34. The van der Waals surface area contributed by atoms with Crippen molar-refractivity contribution in [3.8, 4) is 0 Å². The van der Waals surface area contributed by atoms with Crippen LogP contribution in [0.2, 0.25) is 0 Å². The third-order valence-corrected chi connectivity index (χ3v) is 5.19. The van der Waals surface area contributed by atoms with Gasteiger partial charge in [0.2, 0.25) is 0 Å². The number of nitrogens with one attached hydrogen (secondary N) is 2. The van der Waals surface area contributed by atoms with Gasteiger partial charge in [0, 0.05) is 38.7 Å². The van der Waals surface area contributed by atoms with Crippen LogP contribution in [0.4, 0.5) is 0 Å². The monoisotopic (exact) mass is 490 g/mol. The first-order chi connectivity index (χ1) is 12.8. The Morgan fingerprint density at radius 3 is 2.81 bits per heavy atom. The maximum Gasteiger partial charge on any atom is 0.191 e. The normalized spacial score (nSPS) is 21.8. The molecule has 2 N–H and O–H groups in total. The summed E-state index contributed by atoms with van der Waals surface area (Å²) in [6.45, 7) is 8.26. The van der Waals surface area contributed by atoms with Gasteiger partial charge in [-0.25, -0.2) is 0 Å². The highest BCUT2D eigenvalue weighted by Crippen LogP contribution is 2.13. The Bertz CT molecular complexity index is 524. The van der Waals surface area contributed by atoms with Crippen molar-refractivity contribution in [2.75, 3.05) is 39.3 Å². The van der Waals surface area contributed by atoms with Crippen molar-refractivity contribution in [3.63, 3.8) is 0 Å². The Hall–Kier alpha value is -0.800. The summed E-state index contributed by atoms with van der Waals surface area (Å²) in [6.07, 6.45) is 8.75. The molecular formula is C20H35IN4O2. The van der Waals surface area contributed by atoms with Crippen LogP contribution in [0.3, 0.4) is 0 Å². The molecule has 1 atom stereocenters. The zero-order valence-corrected chi connectivity index (χ0v) is 18.8. The van der Waals surface area contributed by atoms with E-state index >= 15 is 0 Å². The predicted octanol–water partition coefficient (Wildman–Crippen LogP) is 3.03. The second kappa shape index (κ2) is 12.6. The van der Waals surface area contributed by atoms with E-state index in [9.17, 15) is 0 Å². The van der Waals surface area contributed by atoms with Crippen molar-refractivity contribution in [2.45, 2.75) is 57.6 Å². The van der Waals surface area contributed by atoms with Crippen LogP contribution in [0.1, 0.15) is 44.8 Å². The van der Waals surface area contributed by atoms with Crippen LogP contribution in [-0.4, -0.2) is 62.3 Å². The number of hydrogen-bond donors (Lipinski definition) is 2. The van der Waals surface area contributed by atoms with Gasteiger partial charge in [0.05, 0.1) is 18.9 Å². The van der Waals surface area contributed by atoms with Crippen LogP contribution >= 0.6 is 24.0 Å². The average molecular weight is 490 g/mol. The van der Waals surface area contributed by atoms with E-state index in [4.69, 9.17) is 14.1 Å². The molecule has 1 unspecified atom stereocenters. The summed E-state index contributed by atoms with van der Waals surface area (Å²) in [4.78, 5) is 7.36. The van der Waals surface area contributed by atoms with Crippen molar-refractivity contribution in [1.82, 2.24) is 15.5 Å². The zero-order chi connectivity index (χ0) is 18.0. The number of furan rings is 1. The van der Waals surface area contributed by atoms with Gasteiger partial charge >= 0.3 is 0 Å². The smallest absolute Gasteiger partial charge is 0.191 e. The van der Waals surface area contributed by atoms with Crippen molar-refractivity contribution in [3.05, 3.63) is 24.2 Å². The lowest BCUT2D eigenvalue weighted by molar-refractivity contribution is 0.117. The Morgan fingerprint density at radius 2 is 2.15 bits per heavy atom. The largest absolute Gasteiger partial charge is 0.469 e. The summed E-state index contributed by atoms with van der Waals surface area (Å²) in [7, 11) is 0. The average Bonchev–Trinajstić information content (AvgIpc) is 3.35. The van der Waals surface area contributed by atoms with Crippen LogP contribution < -0.4 is 10.6 Å². The molecule has 0 radical (unpaired) electrons. The third-order valence-electron chi connectivity index (χ3n) is 5.19. The molecule has 3 rings (SSSR count). The highest BCUT2D eigenvalue weighted by atomic mass is 127. The molecule has 1 aromatic heterocycles. The molecule has 7 heteroatoms. The van der Waals surface area contributed by atoms with Crippen molar-refractivity contribution in [2.24, 2.45) is 4.99 Å². The van der Waals surface area contributed by atoms with Crippen molar-refractivity contribution in [1.29, 1.82) is 0 Å². The number of rotatable bonds is 8. The van der Waals surface area contributed by atoms with Gasteiger partial charge in [-0.1, -0.05) is 6.92 Å². The first kappa shape index (κ1) is 22.5. The summed E-state index contributed by atoms with van der Waals surface area (Å²) >= 11 is 0. The molecular weight excluding hydrogens is 455 g/mol. The number of nitrogens with zero attached hydrogens (tertiary/aromatic N) is 2. The van der Waals surface area contributed by atoms with Crippen molar-refractivity contribution >= 4 is 29.9 Å². The minimum atomic E-state index is 0. The summed E-state index contributed by atoms with van der Waals surface area (Å²) in [5, 5.41) is 7.12. The standard InChI is InChI=1S/C20H34N4O2.HI/c1-2-11-24-12-8-17(9-13-24)23-20(22-16-19-6-4-15-26-19)21-10-7-18-5-3-14-25-18;/h3,5,14,17,19H,2,4,6-13,15-16H2,1H3,(H2,21,22,23);1H. The molecule has 0 amide bonds. The number of aliphatic imine (C=N–C) groups is 1. The molecule has 27 heavy (non-hydrogen) atoms. The zero-order valence-electron chi connectivity index (χ0n) is 16.5. The van der Waals surface area contributed by atoms with E-state index in [0.29, 0.717) is 6.04 Å². The predicted molar refractivity (Wildman–Crippen MR) is 120 cm³/mol. The van der Waals surface area contributed by atoms with Gasteiger partial charge in [-0.05, 0) is 50.8 Å². The minimum absolute atomic E-state index is 0. The summed E-state index contributed by atoms with van der Waals surface area (Å²) in [6, 6.07) is 4.45. The number of piperidine rings is 1. The van der Waals surface area contributed by atoms with Gasteiger partial charge in [0.25, 0.3) is 0 Å². The molecule has 2 aliphatic rings. The summed E-state index contributed by atoms with van der Waals surface area (Å²) < 4.78 is 11.1. The SMILES string of the molecule is CCCN1CCC(NC(=NCC2CCCO2)NCCc2ccco2)CC1.I. The van der Waals surface area contributed by atoms with Crippen LogP contribution in [0.25, 0.3) is 0 Å². The molecule has 0 spiro atoms. The van der Waals surface area contributed by atoms with Gasteiger partial charge in [0.15, 0.2) is 5.96 Å². The van der Waals surface area contributed by atoms with Gasteiger partial charge < -0.3 is 24.7 Å². The first-order valence-corrected chi connectivity index (χ1v) is 10.2. The van der Waals surface area contributed by atoms with E-state index in [1.165, 1.54) is 38.9 Å². The molecule has 1 aromatic rings. The number of halogens is 1. The Morgan fingerprint density at radius 1 is 1.30 bits per heavy atom. The fourth-order valence-corrected chi connectivity index (χ4v) is 3.70. The fraction of sp³-hybridized carbons (Fsp3) is 0.750. The van der Waals surface area contributed by atoms with Crippen LogP contribution in [0.15, 0.2) is 27.8 Å². The Kier molecular flexibility index (Phi) is 10.5. The van der Waals surface area contributed by atoms with E-state index in [0.717, 1.165) is 50.7 Å². The fourth-order valence-electron chi connectivity index (χ4n) is 3.70. The molecule has 2 saturated heterocycles. The lowest BCUT2D eigenvalue weighted by Crippen LogP contribution is -2.49. The number of ether oxygens (including phenoxy) is 1. The van der Waals surface area contributed by atoms with Gasteiger partial charge in [-0.3, -0.25) is 4.99 Å². The molecule has 2 fully saturated rings. The first-order valence-electron chi connectivity index (χ1n) is 10.2. The van der Waals surface area contributed by atoms with Gasteiger partial charge in [-0.2, -0.15) is 0 Å².